The van der Waals surface area contributed by atoms with Crippen molar-refractivity contribution in [2.45, 2.75) is 32.2 Å². The molecule has 2 heterocycles. The summed E-state index contributed by atoms with van der Waals surface area (Å²) in [6, 6.07) is 5.95. The monoisotopic (exact) mass is 377 g/mol. The number of rotatable bonds is 3. The predicted octanol–water partition coefficient (Wildman–Crippen LogP) is 4.12. The van der Waals surface area contributed by atoms with Crippen LogP contribution in [0.1, 0.15) is 29.8 Å². The summed E-state index contributed by atoms with van der Waals surface area (Å²) in [4.78, 5) is 11.6. The molecular formula is C18H17ClFN3O3. The number of nitrogens with one attached hydrogen (secondary N) is 3. The highest BCUT2D eigenvalue weighted by atomic mass is 35.5. The van der Waals surface area contributed by atoms with E-state index < -0.39 is 23.7 Å². The number of carboxylic acid groups (broad SMARTS) is 1. The van der Waals surface area contributed by atoms with Gasteiger partial charge in [-0.15, -0.1) is 0 Å². The molecule has 2 aromatic carbocycles. The van der Waals surface area contributed by atoms with Crippen LogP contribution in [-0.4, -0.2) is 23.0 Å². The number of benzene rings is 2. The van der Waals surface area contributed by atoms with Crippen LogP contribution in [-0.2, 0) is 6.42 Å². The molecule has 0 radical (unpaired) electrons. The molecular weight excluding hydrogens is 361 g/mol. The molecule has 26 heavy (non-hydrogen) atoms. The summed E-state index contributed by atoms with van der Waals surface area (Å²) in [5, 5.41) is 19.1. The zero-order valence-electron chi connectivity index (χ0n) is 14.1. The Morgan fingerprint density at radius 3 is 2.88 bits per heavy atom. The van der Waals surface area contributed by atoms with Gasteiger partial charge in [0.1, 0.15) is 22.7 Å². The number of halogens is 2. The van der Waals surface area contributed by atoms with Crippen LogP contribution in [0.2, 0.25) is 5.02 Å². The Kier molecular flexibility index (Phi) is 3.66. The van der Waals surface area contributed by atoms with E-state index in [1.54, 1.807) is 6.07 Å². The zero-order chi connectivity index (χ0) is 18.6. The van der Waals surface area contributed by atoms with E-state index >= 15 is 0 Å². The van der Waals surface area contributed by atoms with Crippen molar-refractivity contribution in [3.8, 4) is 5.75 Å². The summed E-state index contributed by atoms with van der Waals surface area (Å²) in [6.07, 6.45) is 0.0180. The van der Waals surface area contributed by atoms with Crippen molar-refractivity contribution in [1.82, 2.24) is 0 Å². The number of para-hydroxylation sites is 1. The smallest absolute Gasteiger partial charge is 0.339 e. The molecule has 2 aliphatic rings. The first-order valence-electron chi connectivity index (χ1n) is 8.11. The number of carbonyl (C=O) groups is 1. The summed E-state index contributed by atoms with van der Waals surface area (Å²) < 4.78 is 19.9. The Morgan fingerprint density at radius 1 is 1.42 bits per heavy atom. The maximum Gasteiger partial charge on any atom is 0.339 e. The van der Waals surface area contributed by atoms with Crippen LogP contribution in [0.4, 0.5) is 21.5 Å². The van der Waals surface area contributed by atoms with Gasteiger partial charge in [0.15, 0.2) is 6.29 Å². The molecule has 2 aromatic rings. The molecule has 0 amide bonds. The lowest BCUT2D eigenvalue weighted by atomic mass is 9.98. The molecule has 0 saturated heterocycles. The molecule has 2 aliphatic heterocycles. The molecule has 0 fully saturated rings. The van der Waals surface area contributed by atoms with Crippen LogP contribution in [0.3, 0.4) is 0 Å². The van der Waals surface area contributed by atoms with Crippen molar-refractivity contribution in [2.24, 2.45) is 0 Å². The lowest BCUT2D eigenvalue weighted by Gasteiger charge is -2.18. The van der Waals surface area contributed by atoms with Gasteiger partial charge in [0.25, 0.3) is 0 Å². The minimum absolute atomic E-state index is 0.100. The van der Waals surface area contributed by atoms with E-state index in [1.807, 2.05) is 13.8 Å². The van der Waals surface area contributed by atoms with E-state index in [9.17, 15) is 14.3 Å². The van der Waals surface area contributed by atoms with Crippen molar-refractivity contribution in [3.05, 3.63) is 46.2 Å². The maximum atomic E-state index is 14.0. The molecule has 4 N–H and O–H groups in total. The van der Waals surface area contributed by atoms with Gasteiger partial charge in [-0.1, -0.05) is 17.7 Å². The van der Waals surface area contributed by atoms with E-state index in [1.165, 1.54) is 18.2 Å². The topological polar surface area (TPSA) is 82.6 Å². The van der Waals surface area contributed by atoms with E-state index in [2.05, 4.69) is 16.0 Å². The first-order chi connectivity index (χ1) is 12.2. The fraction of sp³-hybridized carbons (Fsp3) is 0.278. The lowest BCUT2D eigenvalue weighted by molar-refractivity contribution is 0.0685. The van der Waals surface area contributed by atoms with Gasteiger partial charge in [0, 0.05) is 12.0 Å². The molecule has 136 valence electrons. The van der Waals surface area contributed by atoms with Crippen molar-refractivity contribution >= 4 is 34.6 Å². The first-order valence-corrected chi connectivity index (χ1v) is 8.49. The molecule has 1 unspecified atom stereocenters. The van der Waals surface area contributed by atoms with Gasteiger partial charge in [0.05, 0.1) is 22.1 Å². The van der Waals surface area contributed by atoms with Gasteiger partial charge >= 0.3 is 5.97 Å². The van der Waals surface area contributed by atoms with Gasteiger partial charge in [-0.25, -0.2) is 9.18 Å². The number of carboxylic acids is 1. The third-order valence-corrected chi connectivity index (χ3v) is 4.74. The number of ether oxygens (including phenoxy) is 1. The number of hydrogen-bond donors (Lipinski definition) is 4. The SMILES string of the molecule is CC1(C)Cc2c3c(cc(C(=O)O)c2O1)NC(Nc1c(F)cccc1Cl)N3. The van der Waals surface area contributed by atoms with Crippen molar-refractivity contribution < 1.29 is 19.0 Å². The van der Waals surface area contributed by atoms with Crippen LogP contribution in [0.15, 0.2) is 24.3 Å². The quantitative estimate of drug-likeness (QED) is 0.644. The molecule has 4 rings (SSSR count). The second-order valence-electron chi connectivity index (χ2n) is 6.96. The number of anilines is 3. The van der Waals surface area contributed by atoms with Gasteiger partial charge < -0.3 is 25.8 Å². The van der Waals surface area contributed by atoms with Crippen LogP contribution < -0.4 is 20.7 Å². The summed E-state index contributed by atoms with van der Waals surface area (Å²) in [5.41, 5.74) is 1.93. The molecule has 0 bridgehead atoms. The predicted molar refractivity (Wildman–Crippen MR) is 97.9 cm³/mol. The Labute approximate surface area is 154 Å². The van der Waals surface area contributed by atoms with Crippen LogP contribution in [0.5, 0.6) is 5.75 Å². The average Bonchev–Trinajstić information content (AvgIpc) is 3.09. The molecule has 0 spiro atoms. The number of fused-ring (bicyclic) bond motifs is 3. The number of hydrogen-bond acceptors (Lipinski definition) is 5. The van der Waals surface area contributed by atoms with E-state index in [4.69, 9.17) is 16.3 Å². The molecule has 8 heteroatoms. The zero-order valence-corrected chi connectivity index (χ0v) is 14.9. The normalized spacial score (nSPS) is 19.0. The van der Waals surface area contributed by atoms with Crippen molar-refractivity contribution in [3.63, 3.8) is 0 Å². The van der Waals surface area contributed by atoms with Crippen LogP contribution in [0.25, 0.3) is 0 Å². The summed E-state index contributed by atoms with van der Waals surface area (Å²) >= 11 is 6.06. The fourth-order valence-electron chi connectivity index (χ4n) is 3.37. The lowest BCUT2D eigenvalue weighted by Crippen LogP contribution is -2.32. The van der Waals surface area contributed by atoms with E-state index in [0.717, 1.165) is 11.3 Å². The summed E-state index contributed by atoms with van der Waals surface area (Å²) in [5.74, 6) is -1.16. The Hall–Kier alpha value is -2.67. The standard InChI is InChI=1S/C18H17ClFN3O3/c1-18(2)7-9-13-12(6-8(16(24)25)15(9)26-18)21-17(22-13)23-14-10(19)4-3-5-11(14)20/h3-6,17,21-23H,7H2,1-2H3,(H,24,25). The second kappa shape index (κ2) is 5.67. The van der Waals surface area contributed by atoms with Crippen LogP contribution in [0, 0.1) is 5.82 Å². The van der Waals surface area contributed by atoms with Crippen LogP contribution >= 0.6 is 11.6 Å². The van der Waals surface area contributed by atoms with Crippen molar-refractivity contribution in [1.29, 1.82) is 0 Å². The highest BCUT2D eigenvalue weighted by Crippen LogP contribution is 2.47. The molecule has 1 atom stereocenters. The molecule has 0 aromatic heterocycles. The van der Waals surface area contributed by atoms with Gasteiger partial charge in [-0.05, 0) is 32.0 Å². The first kappa shape index (κ1) is 16.8. The van der Waals surface area contributed by atoms with Gasteiger partial charge in [0.2, 0.25) is 0 Å². The van der Waals surface area contributed by atoms with E-state index in [-0.39, 0.29) is 16.3 Å². The van der Waals surface area contributed by atoms with Gasteiger partial charge in [-0.2, -0.15) is 0 Å². The molecule has 6 nitrogen and oxygen atoms in total. The number of aromatic carboxylic acids is 1. The Balaban J connectivity index is 1.69. The van der Waals surface area contributed by atoms with Gasteiger partial charge in [-0.3, -0.25) is 0 Å². The molecule has 0 aliphatic carbocycles. The Morgan fingerprint density at radius 2 is 2.19 bits per heavy atom. The highest BCUT2D eigenvalue weighted by Gasteiger charge is 2.39. The second-order valence-corrected chi connectivity index (χ2v) is 7.37. The van der Waals surface area contributed by atoms with Crippen molar-refractivity contribution in [2.75, 3.05) is 16.0 Å². The van der Waals surface area contributed by atoms with E-state index in [0.29, 0.717) is 17.9 Å². The highest BCUT2D eigenvalue weighted by molar-refractivity contribution is 6.33. The third kappa shape index (κ3) is 2.68. The minimum atomic E-state index is -1.06. The minimum Gasteiger partial charge on any atom is -0.486 e. The molecule has 0 saturated carbocycles. The average molecular weight is 378 g/mol. The third-order valence-electron chi connectivity index (χ3n) is 4.43. The largest absolute Gasteiger partial charge is 0.486 e. The summed E-state index contributed by atoms with van der Waals surface area (Å²) in [7, 11) is 0. The fourth-order valence-corrected chi connectivity index (χ4v) is 3.59. The maximum absolute atomic E-state index is 14.0. The Bertz CT molecular complexity index is 912. The summed E-state index contributed by atoms with van der Waals surface area (Å²) in [6.45, 7) is 3.81.